The lowest BCUT2D eigenvalue weighted by Gasteiger charge is -2.39. The highest BCUT2D eigenvalue weighted by atomic mass is 16.5. The second-order valence-corrected chi connectivity index (χ2v) is 6.41. The number of piperidine rings is 1. The number of anilines is 1. The molecular weight excluding hydrogens is 304 g/mol. The van der Waals surface area contributed by atoms with Crippen molar-refractivity contribution in [1.29, 1.82) is 0 Å². The van der Waals surface area contributed by atoms with Crippen LogP contribution in [0.25, 0.3) is 0 Å². The molecule has 0 N–H and O–H groups in total. The number of hydrogen-bond acceptors (Lipinski definition) is 7. The van der Waals surface area contributed by atoms with Gasteiger partial charge in [-0.3, -0.25) is 14.9 Å². The Labute approximate surface area is 141 Å². The summed E-state index contributed by atoms with van der Waals surface area (Å²) in [6, 6.07) is 0.521. The summed E-state index contributed by atoms with van der Waals surface area (Å²) in [5, 5.41) is 0. The van der Waals surface area contributed by atoms with Crippen molar-refractivity contribution < 1.29 is 4.74 Å². The second kappa shape index (κ2) is 6.68. The van der Waals surface area contributed by atoms with Gasteiger partial charge in [0.25, 0.3) is 5.88 Å². The van der Waals surface area contributed by atoms with Crippen molar-refractivity contribution in [2.45, 2.75) is 25.4 Å². The molecule has 24 heavy (non-hydrogen) atoms. The van der Waals surface area contributed by atoms with Gasteiger partial charge in [0.2, 0.25) is 0 Å². The van der Waals surface area contributed by atoms with E-state index in [0.717, 1.165) is 43.6 Å². The minimum atomic E-state index is 0.521. The molecule has 2 aromatic rings. The molecule has 4 heterocycles. The first kappa shape index (κ1) is 15.3. The van der Waals surface area contributed by atoms with Gasteiger partial charge in [-0.1, -0.05) is 0 Å². The first-order valence-corrected chi connectivity index (χ1v) is 8.44. The topological polar surface area (TPSA) is 67.3 Å². The van der Waals surface area contributed by atoms with Crippen LogP contribution in [0.4, 0.5) is 5.82 Å². The van der Waals surface area contributed by atoms with Crippen LogP contribution in [0, 0.1) is 5.92 Å². The number of fused-ring (bicyclic) bond motifs is 1. The number of aromatic nitrogens is 4. The normalized spacial score (nSPS) is 24.0. The van der Waals surface area contributed by atoms with Gasteiger partial charge in [-0.15, -0.1) is 0 Å². The Morgan fingerprint density at radius 3 is 2.75 bits per heavy atom. The quantitative estimate of drug-likeness (QED) is 0.840. The summed E-state index contributed by atoms with van der Waals surface area (Å²) in [6.07, 6.45) is 11.2. The monoisotopic (exact) mass is 326 g/mol. The fourth-order valence-corrected chi connectivity index (χ4v) is 3.92. The molecule has 2 aliphatic heterocycles. The number of ether oxygens (including phenoxy) is 1. The summed E-state index contributed by atoms with van der Waals surface area (Å²) in [4.78, 5) is 22.2. The van der Waals surface area contributed by atoms with Crippen LogP contribution in [0.1, 0.15) is 18.5 Å². The maximum Gasteiger partial charge on any atom is 0.257 e. The summed E-state index contributed by atoms with van der Waals surface area (Å²) >= 11 is 0. The lowest BCUT2D eigenvalue weighted by Crippen LogP contribution is -2.48. The number of rotatable bonds is 4. The first-order valence-electron chi connectivity index (χ1n) is 8.44. The third-order valence-electron chi connectivity index (χ3n) is 5.10. The van der Waals surface area contributed by atoms with Crippen molar-refractivity contribution in [3.05, 3.63) is 36.7 Å². The smallest absolute Gasteiger partial charge is 0.257 e. The minimum absolute atomic E-state index is 0.521. The number of likely N-dealkylation sites (tertiary alicyclic amines) is 1. The summed E-state index contributed by atoms with van der Waals surface area (Å²) in [7, 11) is 1.65. The third kappa shape index (κ3) is 2.91. The van der Waals surface area contributed by atoms with E-state index in [0.29, 0.717) is 11.9 Å². The first-order chi connectivity index (χ1) is 11.8. The Kier molecular flexibility index (Phi) is 4.25. The van der Waals surface area contributed by atoms with Gasteiger partial charge < -0.3 is 9.64 Å². The van der Waals surface area contributed by atoms with Crippen LogP contribution in [-0.2, 0) is 6.54 Å². The fraction of sp³-hybridized carbons (Fsp3) is 0.529. The molecule has 0 aromatic carbocycles. The average Bonchev–Trinajstić information content (AvgIpc) is 3.04. The highest BCUT2D eigenvalue weighted by molar-refractivity contribution is 5.48. The molecular formula is C17H22N6O. The molecule has 7 nitrogen and oxygen atoms in total. The predicted molar refractivity (Wildman–Crippen MR) is 89.8 cm³/mol. The zero-order valence-corrected chi connectivity index (χ0v) is 13.9. The van der Waals surface area contributed by atoms with Crippen molar-refractivity contribution in [3.8, 4) is 5.88 Å². The molecule has 0 amide bonds. The zero-order valence-electron chi connectivity index (χ0n) is 13.9. The maximum absolute atomic E-state index is 5.39. The molecule has 0 spiro atoms. The summed E-state index contributed by atoms with van der Waals surface area (Å²) < 4.78 is 5.39. The van der Waals surface area contributed by atoms with Gasteiger partial charge in [-0.25, -0.2) is 9.97 Å². The lowest BCUT2D eigenvalue weighted by molar-refractivity contribution is 0.197. The molecule has 2 aliphatic rings. The lowest BCUT2D eigenvalue weighted by atomic mass is 9.92. The highest BCUT2D eigenvalue weighted by Crippen LogP contribution is 2.35. The van der Waals surface area contributed by atoms with Crippen LogP contribution < -0.4 is 9.64 Å². The molecule has 7 heteroatoms. The SMILES string of the molecule is COc1nccnc1N1CCC2CCN(Cc3cnccn3)C2C1. The number of methoxy groups -OCH3 is 1. The largest absolute Gasteiger partial charge is 0.478 e. The van der Waals surface area contributed by atoms with Gasteiger partial charge in [0.15, 0.2) is 5.82 Å². The predicted octanol–water partition coefficient (Wildman–Crippen LogP) is 1.38. The Bertz CT molecular complexity index is 682. The summed E-state index contributed by atoms with van der Waals surface area (Å²) in [5.41, 5.74) is 1.03. The number of nitrogens with zero attached hydrogens (tertiary/aromatic N) is 6. The van der Waals surface area contributed by atoms with Crippen LogP contribution in [-0.4, -0.2) is 57.6 Å². The van der Waals surface area contributed by atoms with Gasteiger partial charge in [-0.05, 0) is 25.3 Å². The molecule has 2 saturated heterocycles. The Morgan fingerprint density at radius 1 is 1.08 bits per heavy atom. The fourth-order valence-electron chi connectivity index (χ4n) is 3.92. The molecule has 2 unspecified atom stereocenters. The van der Waals surface area contributed by atoms with Gasteiger partial charge in [0.1, 0.15) is 0 Å². The van der Waals surface area contributed by atoms with Crippen molar-refractivity contribution >= 4 is 5.82 Å². The maximum atomic E-state index is 5.39. The average molecular weight is 326 g/mol. The standard InChI is InChI=1S/C17H22N6O/c1-24-17-16(20-6-7-21-17)23-9-3-13-2-8-22(15(13)12-23)11-14-10-18-4-5-19-14/h4-7,10,13,15H,2-3,8-9,11-12H2,1H3. The molecule has 0 aliphatic carbocycles. The van der Waals surface area contributed by atoms with E-state index in [-0.39, 0.29) is 0 Å². The van der Waals surface area contributed by atoms with Crippen molar-refractivity contribution in [2.24, 2.45) is 5.92 Å². The second-order valence-electron chi connectivity index (χ2n) is 6.41. The van der Waals surface area contributed by atoms with Crippen LogP contribution in [0.2, 0.25) is 0 Å². The van der Waals surface area contributed by atoms with E-state index in [4.69, 9.17) is 4.74 Å². The van der Waals surface area contributed by atoms with E-state index < -0.39 is 0 Å². The van der Waals surface area contributed by atoms with Crippen molar-refractivity contribution in [2.75, 3.05) is 31.6 Å². The van der Waals surface area contributed by atoms with Crippen LogP contribution in [0.15, 0.2) is 31.0 Å². The van der Waals surface area contributed by atoms with Crippen LogP contribution in [0.3, 0.4) is 0 Å². The molecule has 2 fully saturated rings. The van der Waals surface area contributed by atoms with E-state index in [9.17, 15) is 0 Å². The van der Waals surface area contributed by atoms with Gasteiger partial charge >= 0.3 is 0 Å². The summed E-state index contributed by atoms with van der Waals surface area (Å²) in [5.74, 6) is 2.21. The Hall–Kier alpha value is -2.28. The summed E-state index contributed by atoms with van der Waals surface area (Å²) in [6.45, 7) is 3.95. The van der Waals surface area contributed by atoms with Crippen LogP contribution in [0.5, 0.6) is 5.88 Å². The van der Waals surface area contributed by atoms with Gasteiger partial charge in [0, 0.05) is 56.7 Å². The van der Waals surface area contributed by atoms with Gasteiger partial charge in [-0.2, -0.15) is 0 Å². The Morgan fingerprint density at radius 2 is 1.92 bits per heavy atom. The molecule has 2 aromatic heterocycles. The molecule has 0 bridgehead atoms. The zero-order chi connectivity index (χ0) is 16.4. The molecule has 0 radical (unpaired) electrons. The number of hydrogen-bond donors (Lipinski definition) is 0. The Balaban J connectivity index is 1.50. The van der Waals surface area contributed by atoms with E-state index in [1.165, 1.54) is 12.8 Å². The minimum Gasteiger partial charge on any atom is -0.478 e. The van der Waals surface area contributed by atoms with Crippen molar-refractivity contribution in [3.63, 3.8) is 0 Å². The highest BCUT2D eigenvalue weighted by Gasteiger charge is 2.39. The van der Waals surface area contributed by atoms with Crippen molar-refractivity contribution in [1.82, 2.24) is 24.8 Å². The van der Waals surface area contributed by atoms with E-state index in [1.807, 2.05) is 6.20 Å². The van der Waals surface area contributed by atoms with Crippen LogP contribution >= 0.6 is 0 Å². The molecule has 0 saturated carbocycles. The van der Waals surface area contributed by atoms with E-state index in [1.54, 1.807) is 31.9 Å². The third-order valence-corrected chi connectivity index (χ3v) is 5.10. The molecule has 4 rings (SSSR count). The van der Waals surface area contributed by atoms with E-state index in [2.05, 4.69) is 29.7 Å². The van der Waals surface area contributed by atoms with E-state index >= 15 is 0 Å². The molecule has 126 valence electrons. The molecule has 2 atom stereocenters. The van der Waals surface area contributed by atoms with Gasteiger partial charge in [0.05, 0.1) is 12.8 Å².